The highest BCUT2D eigenvalue weighted by molar-refractivity contribution is 5.76. The van der Waals surface area contributed by atoms with Crippen LogP contribution in [0.15, 0.2) is 48.5 Å². The first-order valence-electron chi connectivity index (χ1n) is 6.48. The molecule has 3 rings (SSSR count). The molecule has 1 heterocycles. The molecule has 0 bridgehead atoms. The van der Waals surface area contributed by atoms with E-state index in [4.69, 9.17) is 0 Å². The van der Waals surface area contributed by atoms with E-state index in [-0.39, 0.29) is 12.3 Å². The molecule has 3 aromatic rings. The normalized spacial score (nSPS) is 10.9. The van der Waals surface area contributed by atoms with Crippen molar-refractivity contribution in [3.63, 3.8) is 0 Å². The zero-order valence-electron chi connectivity index (χ0n) is 11.1. The zero-order chi connectivity index (χ0) is 14.8. The number of aromatic nitrogens is 2. The summed E-state index contributed by atoms with van der Waals surface area (Å²) in [5.74, 6) is 0.495. The van der Waals surface area contributed by atoms with Crippen LogP contribution in [0.5, 0.6) is 0 Å². The molecule has 106 valence electrons. The summed E-state index contributed by atoms with van der Waals surface area (Å²) in [6, 6.07) is 14.1. The number of aliphatic hydroxyl groups excluding tert-OH is 1. The minimum Gasteiger partial charge on any atom is -0.388 e. The Balaban J connectivity index is 2.12. The van der Waals surface area contributed by atoms with Gasteiger partial charge in [0.15, 0.2) is 0 Å². The maximum atomic E-state index is 11.1. The van der Waals surface area contributed by atoms with Crippen molar-refractivity contribution in [2.24, 2.45) is 0 Å². The molecular weight excluding hydrogens is 270 g/mol. The van der Waals surface area contributed by atoms with Gasteiger partial charge in [0.25, 0.3) is 5.69 Å². The fourth-order valence-corrected chi connectivity index (χ4v) is 2.42. The van der Waals surface area contributed by atoms with Crippen LogP contribution in [-0.2, 0) is 13.2 Å². The SMILES string of the molecule is O=[N+]([O-])c1ccccc1Cn1c(CO)nc2ccccc21. The van der Waals surface area contributed by atoms with E-state index in [1.54, 1.807) is 22.8 Å². The number of nitrogens with zero attached hydrogens (tertiary/aromatic N) is 3. The molecule has 0 aliphatic carbocycles. The van der Waals surface area contributed by atoms with E-state index >= 15 is 0 Å². The maximum absolute atomic E-state index is 11.1. The summed E-state index contributed by atoms with van der Waals surface area (Å²) < 4.78 is 1.80. The van der Waals surface area contributed by atoms with Crippen LogP contribution in [0.1, 0.15) is 11.4 Å². The molecule has 0 amide bonds. The Labute approximate surface area is 120 Å². The second kappa shape index (κ2) is 5.34. The van der Waals surface area contributed by atoms with Crippen molar-refractivity contribution in [3.05, 3.63) is 70.0 Å². The molecular formula is C15H13N3O3. The fraction of sp³-hybridized carbons (Fsp3) is 0.133. The van der Waals surface area contributed by atoms with Crippen LogP contribution >= 0.6 is 0 Å². The molecule has 0 saturated carbocycles. The lowest BCUT2D eigenvalue weighted by Gasteiger charge is -2.08. The molecule has 1 N–H and O–H groups in total. The van der Waals surface area contributed by atoms with E-state index in [1.165, 1.54) is 6.07 Å². The first-order valence-corrected chi connectivity index (χ1v) is 6.48. The molecule has 0 unspecified atom stereocenters. The average molecular weight is 283 g/mol. The zero-order valence-corrected chi connectivity index (χ0v) is 11.1. The summed E-state index contributed by atoms with van der Waals surface area (Å²) >= 11 is 0. The number of para-hydroxylation sites is 3. The van der Waals surface area contributed by atoms with E-state index in [1.807, 2.05) is 24.3 Å². The van der Waals surface area contributed by atoms with Crippen LogP contribution in [-0.4, -0.2) is 19.6 Å². The van der Waals surface area contributed by atoms with Crippen LogP contribution in [0, 0.1) is 10.1 Å². The summed E-state index contributed by atoms with van der Waals surface area (Å²) in [4.78, 5) is 15.0. The number of nitro groups is 1. The predicted molar refractivity (Wildman–Crippen MR) is 77.9 cm³/mol. The number of rotatable bonds is 4. The Morgan fingerprint density at radius 2 is 1.86 bits per heavy atom. The monoisotopic (exact) mass is 283 g/mol. The second-order valence-corrected chi connectivity index (χ2v) is 4.65. The van der Waals surface area contributed by atoms with E-state index in [0.29, 0.717) is 17.9 Å². The first kappa shape index (κ1) is 13.3. The minimum absolute atomic E-state index is 0.0687. The van der Waals surface area contributed by atoms with Gasteiger partial charge in [-0.1, -0.05) is 30.3 Å². The van der Waals surface area contributed by atoms with Crippen molar-refractivity contribution >= 4 is 16.7 Å². The van der Waals surface area contributed by atoms with Crippen molar-refractivity contribution in [1.82, 2.24) is 9.55 Å². The topological polar surface area (TPSA) is 81.2 Å². The van der Waals surface area contributed by atoms with Crippen LogP contribution in [0.4, 0.5) is 5.69 Å². The van der Waals surface area contributed by atoms with Gasteiger partial charge in [-0.15, -0.1) is 0 Å². The Kier molecular flexibility index (Phi) is 3.37. The van der Waals surface area contributed by atoms with Gasteiger partial charge < -0.3 is 9.67 Å². The predicted octanol–water partition coefficient (Wildman–Crippen LogP) is 2.49. The van der Waals surface area contributed by atoms with E-state index in [0.717, 1.165) is 11.0 Å². The Bertz CT molecular complexity index is 811. The van der Waals surface area contributed by atoms with E-state index < -0.39 is 4.92 Å². The average Bonchev–Trinajstić information content (AvgIpc) is 2.86. The van der Waals surface area contributed by atoms with Gasteiger partial charge >= 0.3 is 0 Å². The molecule has 0 atom stereocenters. The lowest BCUT2D eigenvalue weighted by molar-refractivity contribution is -0.385. The molecule has 0 spiro atoms. The lowest BCUT2D eigenvalue weighted by Crippen LogP contribution is -2.07. The third-order valence-electron chi connectivity index (χ3n) is 3.39. The Hall–Kier alpha value is -2.73. The number of benzene rings is 2. The van der Waals surface area contributed by atoms with Crippen LogP contribution < -0.4 is 0 Å². The van der Waals surface area contributed by atoms with Crippen molar-refractivity contribution in [1.29, 1.82) is 0 Å². The third-order valence-corrected chi connectivity index (χ3v) is 3.39. The fourth-order valence-electron chi connectivity index (χ4n) is 2.42. The largest absolute Gasteiger partial charge is 0.388 e. The number of fused-ring (bicyclic) bond motifs is 1. The van der Waals surface area contributed by atoms with Gasteiger partial charge in [-0.05, 0) is 12.1 Å². The molecule has 6 nitrogen and oxygen atoms in total. The van der Waals surface area contributed by atoms with Gasteiger partial charge in [0.1, 0.15) is 12.4 Å². The van der Waals surface area contributed by atoms with Gasteiger partial charge in [-0.25, -0.2) is 4.98 Å². The van der Waals surface area contributed by atoms with Gasteiger partial charge in [0.05, 0.1) is 22.5 Å². The summed E-state index contributed by atoms with van der Waals surface area (Å²) in [7, 11) is 0. The smallest absolute Gasteiger partial charge is 0.274 e. The molecule has 6 heteroatoms. The lowest BCUT2D eigenvalue weighted by atomic mass is 10.1. The van der Waals surface area contributed by atoms with E-state index in [2.05, 4.69) is 4.98 Å². The Morgan fingerprint density at radius 3 is 2.62 bits per heavy atom. The summed E-state index contributed by atoms with van der Waals surface area (Å²) in [6.07, 6.45) is 0. The molecule has 0 radical (unpaired) electrons. The maximum Gasteiger partial charge on any atom is 0.274 e. The summed E-state index contributed by atoms with van der Waals surface area (Å²) in [5, 5.41) is 20.6. The number of imidazole rings is 1. The number of aliphatic hydroxyl groups is 1. The Morgan fingerprint density at radius 1 is 1.14 bits per heavy atom. The standard InChI is InChI=1S/C15H13N3O3/c19-10-15-16-12-6-2-4-8-14(12)17(15)9-11-5-1-3-7-13(11)18(20)21/h1-8,19H,9-10H2. The van der Waals surface area contributed by atoms with Crippen molar-refractivity contribution < 1.29 is 10.0 Å². The number of hydrogen-bond acceptors (Lipinski definition) is 4. The molecule has 0 aliphatic heterocycles. The molecule has 0 fully saturated rings. The van der Waals surface area contributed by atoms with Crippen LogP contribution in [0.25, 0.3) is 11.0 Å². The van der Waals surface area contributed by atoms with Gasteiger partial charge in [0, 0.05) is 11.6 Å². The summed E-state index contributed by atoms with van der Waals surface area (Å²) in [5.41, 5.74) is 2.26. The highest BCUT2D eigenvalue weighted by Gasteiger charge is 2.16. The van der Waals surface area contributed by atoms with Crippen LogP contribution in [0.2, 0.25) is 0 Å². The van der Waals surface area contributed by atoms with Crippen molar-refractivity contribution in [2.45, 2.75) is 13.2 Å². The molecule has 1 aromatic heterocycles. The first-order chi connectivity index (χ1) is 10.2. The minimum atomic E-state index is -0.396. The van der Waals surface area contributed by atoms with E-state index in [9.17, 15) is 15.2 Å². The highest BCUT2D eigenvalue weighted by Crippen LogP contribution is 2.23. The van der Waals surface area contributed by atoms with Gasteiger partial charge in [0.2, 0.25) is 0 Å². The van der Waals surface area contributed by atoms with Crippen molar-refractivity contribution in [3.8, 4) is 0 Å². The summed E-state index contributed by atoms with van der Waals surface area (Å²) in [6.45, 7) is 0.0862. The third kappa shape index (κ3) is 2.36. The quantitative estimate of drug-likeness (QED) is 0.589. The second-order valence-electron chi connectivity index (χ2n) is 4.65. The molecule has 0 aliphatic rings. The van der Waals surface area contributed by atoms with Crippen molar-refractivity contribution in [2.75, 3.05) is 0 Å². The number of hydrogen-bond donors (Lipinski definition) is 1. The van der Waals surface area contributed by atoms with Crippen LogP contribution in [0.3, 0.4) is 0 Å². The highest BCUT2D eigenvalue weighted by atomic mass is 16.6. The number of nitro benzene ring substituents is 1. The van der Waals surface area contributed by atoms with Gasteiger partial charge in [-0.2, -0.15) is 0 Å². The molecule has 2 aromatic carbocycles. The molecule has 0 saturated heterocycles. The van der Waals surface area contributed by atoms with Gasteiger partial charge in [-0.3, -0.25) is 10.1 Å². The molecule has 21 heavy (non-hydrogen) atoms.